The van der Waals surface area contributed by atoms with Crippen LogP contribution in [-0.2, 0) is 16.8 Å². The lowest BCUT2D eigenvalue weighted by Crippen LogP contribution is -2.39. The summed E-state index contributed by atoms with van der Waals surface area (Å²) < 4.78 is 11.2. The molecule has 150 valence electrons. The number of benzene rings is 2. The maximum absolute atomic E-state index is 12.8. The number of aromatic carboxylic acids is 1. The second-order valence-electron chi connectivity index (χ2n) is 6.84. The predicted octanol–water partition coefficient (Wildman–Crippen LogP) is 3.78. The SMILES string of the molecule is CCOc1ccc(C(C)(C)C(=O)NCc2ccc(C(=O)O)cc2)cc1OCC. The fourth-order valence-electron chi connectivity index (χ4n) is 2.74. The van der Waals surface area contributed by atoms with Gasteiger partial charge in [0.05, 0.1) is 24.2 Å². The van der Waals surface area contributed by atoms with Crippen LogP contribution in [-0.4, -0.2) is 30.2 Å². The van der Waals surface area contributed by atoms with E-state index in [9.17, 15) is 9.59 Å². The Labute approximate surface area is 165 Å². The second-order valence-corrected chi connectivity index (χ2v) is 6.84. The highest BCUT2D eigenvalue weighted by molar-refractivity contribution is 5.88. The van der Waals surface area contributed by atoms with E-state index in [0.29, 0.717) is 31.3 Å². The van der Waals surface area contributed by atoms with Gasteiger partial charge in [-0.3, -0.25) is 4.79 Å². The average molecular weight is 385 g/mol. The summed E-state index contributed by atoms with van der Waals surface area (Å²) in [6.07, 6.45) is 0. The second kappa shape index (κ2) is 9.26. The molecule has 0 aliphatic heterocycles. The Morgan fingerprint density at radius 3 is 2.14 bits per heavy atom. The highest BCUT2D eigenvalue weighted by Gasteiger charge is 2.30. The van der Waals surface area contributed by atoms with Crippen LogP contribution in [0.4, 0.5) is 0 Å². The standard InChI is InChI=1S/C22H27NO5/c1-5-27-18-12-11-17(13-19(18)28-6-2)22(3,4)21(26)23-14-15-7-9-16(10-8-15)20(24)25/h7-13H,5-6,14H2,1-4H3,(H,23,26)(H,24,25). The Hall–Kier alpha value is -3.02. The third-order valence-corrected chi connectivity index (χ3v) is 4.49. The molecule has 6 nitrogen and oxygen atoms in total. The minimum atomic E-state index is -0.975. The van der Waals surface area contributed by atoms with Crippen LogP contribution >= 0.6 is 0 Å². The van der Waals surface area contributed by atoms with Crippen molar-refractivity contribution >= 4 is 11.9 Å². The molecular weight excluding hydrogens is 358 g/mol. The van der Waals surface area contributed by atoms with Crippen molar-refractivity contribution in [3.63, 3.8) is 0 Å². The first-order valence-corrected chi connectivity index (χ1v) is 9.30. The molecular formula is C22H27NO5. The zero-order valence-corrected chi connectivity index (χ0v) is 16.7. The van der Waals surface area contributed by atoms with Gasteiger partial charge in [-0.05, 0) is 63.1 Å². The molecule has 2 N–H and O–H groups in total. The molecule has 0 aromatic heterocycles. The van der Waals surface area contributed by atoms with Crippen LogP contribution < -0.4 is 14.8 Å². The van der Waals surface area contributed by atoms with Gasteiger partial charge >= 0.3 is 5.97 Å². The van der Waals surface area contributed by atoms with E-state index < -0.39 is 11.4 Å². The van der Waals surface area contributed by atoms with Crippen molar-refractivity contribution in [2.45, 2.75) is 39.7 Å². The van der Waals surface area contributed by atoms with E-state index >= 15 is 0 Å². The predicted molar refractivity (Wildman–Crippen MR) is 107 cm³/mol. The molecule has 0 atom stereocenters. The number of carbonyl (C=O) groups excluding carboxylic acids is 1. The van der Waals surface area contributed by atoms with Gasteiger partial charge in [0.25, 0.3) is 0 Å². The van der Waals surface area contributed by atoms with Gasteiger partial charge in [-0.25, -0.2) is 4.79 Å². The molecule has 0 saturated carbocycles. The summed E-state index contributed by atoms with van der Waals surface area (Å²) in [7, 11) is 0. The largest absolute Gasteiger partial charge is 0.490 e. The molecule has 2 aromatic rings. The molecule has 0 spiro atoms. The van der Waals surface area contributed by atoms with Crippen molar-refractivity contribution in [2.24, 2.45) is 0 Å². The van der Waals surface area contributed by atoms with Crippen LogP contribution in [0.25, 0.3) is 0 Å². The number of carboxylic acids is 1. The fourth-order valence-corrected chi connectivity index (χ4v) is 2.74. The van der Waals surface area contributed by atoms with Crippen molar-refractivity contribution in [1.29, 1.82) is 0 Å². The third kappa shape index (κ3) is 5.03. The summed E-state index contributed by atoms with van der Waals surface area (Å²) in [5.41, 5.74) is 1.08. The summed E-state index contributed by atoms with van der Waals surface area (Å²) in [6.45, 7) is 8.85. The van der Waals surface area contributed by atoms with Gasteiger partial charge in [0, 0.05) is 6.54 Å². The minimum absolute atomic E-state index is 0.138. The molecule has 0 aliphatic rings. The van der Waals surface area contributed by atoms with Crippen molar-refractivity contribution in [2.75, 3.05) is 13.2 Å². The maximum atomic E-state index is 12.8. The van der Waals surface area contributed by atoms with Gasteiger partial charge in [0.2, 0.25) is 5.91 Å². The molecule has 0 unspecified atom stereocenters. The van der Waals surface area contributed by atoms with E-state index in [1.54, 1.807) is 12.1 Å². The van der Waals surface area contributed by atoms with E-state index in [0.717, 1.165) is 11.1 Å². The lowest BCUT2D eigenvalue weighted by atomic mass is 9.83. The summed E-state index contributed by atoms with van der Waals surface area (Å²) in [4.78, 5) is 23.7. The molecule has 2 rings (SSSR count). The quantitative estimate of drug-likeness (QED) is 0.686. The molecule has 1 amide bonds. The zero-order chi connectivity index (χ0) is 20.7. The van der Waals surface area contributed by atoms with Gasteiger partial charge in [0.15, 0.2) is 11.5 Å². The number of carbonyl (C=O) groups is 2. The number of carboxylic acid groups (broad SMARTS) is 1. The molecule has 0 saturated heterocycles. The number of amides is 1. The summed E-state index contributed by atoms with van der Waals surface area (Å²) >= 11 is 0. The van der Waals surface area contributed by atoms with E-state index in [4.69, 9.17) is 14.6 Å². The summed E-state index contributed by atoms with van der Waals surface area (Å²) in [6, 6.07) is 12.0. The Balaban J connectivity index is 2.12. The van der Waals surface area contributed by atoms with Crippen LogP contribution in [0, 0.1) is 0 Å². The number of hydrogen-bond acceptors (Lipinski definition) is 4. The Bertz CT molecular complexity index is 827. The average Bonchev–Trinajstić information content (AvgIpc) is 2.68. The third-order valence-electron chi connectivity index (χ3n) is 4.49. The first kappa shape index (κ1) is 21.3. The first-order valence-electron chi connectivity index (χ1n) is 9.30. The monoisotopic (exact) mass is 385 g/mol. The van der Waals surface area contributed by atoms with Crippen molar-refractivity contribution in [3.05, 3.63) is 59.2 Å². The number of hydrogen-bond donors (Lipinski definition) is 2. The zero-order valence-electron chi connectivity index (χ0n) is 16.7. The van der Waals surface area contributed by atoms with Gasteiger partial charge in [-0.2, -0.15) is 0 Å². The van der Waals surface area contributed by atoms with Gasteiger partial charge < -0.3 is 19.9 Å². The number of nitrogens with one attached hydrogen (secondary N) is 1. The molecule has 0 fully saturated rings. The normalized spacial score (nSPS) is 11.0. The van der Waals surface area contributed by atoms with E-state index in [1.807, 2.05) is 45.9 Å². The van der Waals surface area contributed by atoms with Gasteiger partial charge in [-0.1, -0.05) is 18.2 Å². The number of rotatable bonds is 9. The molecule has 28 heavy (non-hydrogen) atoms. The molecule has 2 aromatic carbocycles. The van der Waals surface area contributed by atoms with Crippen molar-refractivity contribution in [1.82, 2.24) is 5.32 Å². The van der Waals surface area contributed by atoms with Crippen molar-refractivity contribution in [3.8, 4) is 11.5 Å². The first-order chi connectivity index (χ1) is 13.3. The minimum Gasteiger partial charge on any atom is -0.490 e. The highest BCUT2D eigenvalue weighted by atomic mass is 16.5. The van der Waals surface area contributed by atoms with Crippen molar-refractivity contribution < 1.29 is 24.2 Å². The summed E-state index contributed by atoms with van der Waals surface area (Å²) in [5.74, 6) is 0.161. The fraction of sp³-hybridized carbons (Fsp3) is 0.364. The smallest absolute Gasteiger partial charge is 0.335 e. The topological polar surface area (TPSA) is 84.9 Å². The lowest BCUT2D eigenvalue weighted by molar-refractivity contribution is -0.125. The van der Waals surface area contributed by atoms with Gasteiger partial charge in [0.1, 0.15) is 0 Å². The van der Waals surface area contributed by atoms with Crippen LogP contribution in [0.1, 0.15) is 49.2 Å². The Kier molecular flexibility index (Phi) is 7.04. The Morgan fingerprint density at radius 1 is 0.964 bits per heavy atom. The molecule has 0 bridgehead atoms. The Morgan fingerprint density at radius 2 is 1.57 bits per heavy atom. The summed E-state index contributed by atoms with van der Waals surface area (Å²) in [5, 5.41) is 11.9. The maximum Gasteiger partial charge on any atom is 0.335 e. The molecule has 0 radical (unpaired) electrons. The number of ether oxygens (including phenoxy) is 2. The van der Waals surface area contributed by atoms with E-state index in [2.05, 4.69) is 5.32 Å². The molecule has 6 heteroatoms. The lowest BCUT2D eigenvalue weighted by Gasteiger charge is -2.25. The van der Waals surface area contributed by atoms with Crippen LogP contribution in [0.15, 0.2) is 42.5 Å². The van der Waals surface area contributed by atoms with Crippen LogP contribution in [0.2, 0.25) is 0 Å². The van der Waals surface area contributed by atoms with E-state index in [-0.39, 0.29) is 11.5 Å². The molecule has 0 heterocycles. The van der Waals surface area contributed by atoms with E-state index in [1.165, 1.54) is 12.1 Å². The molecule has 0 aliphatic carbocycles. The van der Waals surface area contributed by atoms with Gasteiger partial charge in [-0.15, -0.1) is 0 Å². The van der Waals surface area contributed by atoms with Crippen LogP contribution in [0.3, 0.4) is 0 Å². The highest BCUT2D eigenvalue weighted by Crippen LogP contribution is 2.34. The van der Waals surface area contributed by atoms with Crippen LogP contribution in [0.5, 0.6) is 11.5 Å².